The van der Waals surface area contributed by atoms with Crippen LogP contribution in [0, 0.1) is 0 Å². The van der Waals surface area contributed by atoms with Crippen molar-refractivity contribution in [1.29, 1.82) is 0 Å². The summed E-state index contributed by atoms with van der Waals surface area (Å²) in [6.07, 6.45) is -2.37. The Morgan fingerprint density at radius 2 is 1.49 bits per heavy atom. The lowest BCUT2D eigenvalue weighted by molar-refractivity contribution is -0.154. The van der Waals surface area contributed by atoms with Crippen LogP contribution in [0.2, 0.25) is 0 Å². The van der Waals surface area contributed by atoms with Gasteiger partial charge in [-0.25, -0.2) is 4.79 Å². The van der Waals surface area contributed by atoms with Gasteiger partial charge in [-0.05, 0) is 59.0 Å². The van der Waals surface area contributed by atoms with Crippen LogP contribution < -0.4 is 19.6 Å². The van der Waals surface area contributed by atoms with Gasteiger partial charge < -0.3 is 18.6 Å². The lowest BCUT2D eigenvalue weighted by Crippen LogP contribution is -2.16. The number of hydrogen-bond donors (Lipinski definition) is 0. The highest BCUT2D eigenvalue weighted by Gasteiger charge is 2.40. The van der Waals surface area contributed by atoms with Gasteiger partial charge in [-0.1, -0.05) is 45.0 Å². The van der Waals surface area contributed by atoms with Crippen molar-refractivity contribution in [3.05, 3.63) is 99.9 Å². The van der Waals surface area contributed by atoms with E-state index in [0.29, 0.717) is 11.3 Å². The van der Waals surface area contributed by atoms with Gasteiger partial charge in [0.15, 0.2) is 0 Å². The molecule has 0 aliphatic carbocycles. The number of hydrogen-bond acceptors (Lipinski definition) is 6. The molecule has 0 amide bonds. The molecular weight excluding hydrogens is 513 g/mol. The maximum atomic E-state index is 13.9. The van der Waals surface area contributed by atoms with Crippen molar-refractivity contribution in [1.82, 2.24) is 0 Å². The van der Waals surface area contributed by atoms with Crippen LogP contribution in [0.1, 0.15) is 37.7 Å². The minimum atomic E-state index is -5.03. The Morgan fingerprint density at radius 3 is 2.08 bits per heavy atom. The number of carbonyl (C=O) groups excluding carboxylic acids is 1. The SMILES string of the molecule is COc1ccc(C=CC(=O)Oc2ccc3c(=O)c(Oc4ccc(C(C)(C)C)cc4)c(C(F)(F)F)oc3c2)cc1. The van der Waals surface area contributed by atoms with E-state index in [-0.39, 0.29) is 22.3 Å². The zero-order valence-electron chi connectivity index (χ0n) is 21.6. The van der Waals surface area contributed by atoms with E-state index in [2.05, 4.69) is 0 Å². The molecule has 9 heteroatoms. The largest absolute Gasteiger partial charge is 0.497 e. The second-order valence-corrected chi connectivity index (χ2v) is 9.65. The molecule has 202 valence electrons. The number of benzene rings is 3. The standard InChI is InChI=1S/C30H25F3O6/c1-29(2,3)19-8-12-21(13-9-19)38-27-26(35)23-15-14-22(17-24(23)39-28(27)30(31,32)33)37-25(34)16-7-18-5-10-20(36-4)11-6-18/h5-17H,1-4H3. The highest BCUT2D eigenvalue weighted by Crippen LogP contribution is 2.39. The second kappa shape index (κ2) is 10.7. The molecule has 0 atom stereocenters. The van der Waals surface area contributed by atoms with Crippen LogP contribution in [0.3, 0.4) is 0 Å². The Labute approximate surface area is 222 Å². The molecule has 0 saturated heterocycles. The number of carbonyl (C=O) groups is 1. The smallest absolute Gasteiger partial charge is 0.453 e. The highest BCUT2D eigenvalue weighted by atomic mass is 19.4. The van der Waals surface area contributed by atoms with Crippen LogP contribution in [-0.2, 0) is 16.4 Å². The normalized spacial score (nSPS) is 12.1. The number of alkyl halides is 3. The number of halogens is 3. The molecule has 0 bridgehead atoms. The third-order valence-electron chi connectivity index (χ3n) is 5.77. The predicted molar refractivity (Wildman–Crippen MR) is 140 cm³/mol. The van der Waals surface area contributed by atoms with Gasteiger partial charge in [0.2, 0.25) is 11.2 Å². The molecule has 4 rings (SSSR count). The first kappa shape index (κ1) is 27.5. The Hall–Kier alpha value is -4.53. The molecule has 4 aromatic rings. The molecule has 0 radical (unpaired) electrons. The first-order valence-electron chi connectivity index (χ1n) is 11.9. The summed E-state index contributed by atoms with van der Waals surface area (Å²) in [6, 6.07) is 16.9. The average Bonchev–Trinajstić information content (AvgIpc) is 2.88. The minimum Gasteiger partial charge on any atom is -0.497 e. The maximum absolute atomic E-state index is 13.9. The average molecular weight is 539 g/mol. The van der Waals surface area contributed by atoms with Crippen LogP contribution >= 0.6 is 0 Å². The summed E-state index contributed by atoms with van der Waals surface area (Å²) in [6.45, 7) is 5.97. The van der Waals surface area contributed by atoms with Crippen molar-refractivity contribution < 1.29 is 36.6 Å². The Morgan fingerprint density at radius 1 is 0.872 bits per heavy atom. The monoisotopic (exact) mass is 538 g/mol. The van der Waals surface area contributed by atoms with Crippen molar-refractivity contribution >= 4 is 23.0 Å². The molecule has 3 aromatic carbocycles. The van der Waals surface area contributed by atoms with E-state index < -0.39 is 34.7 Å². The summed E-state index contributed by atoms with van der Waals surface area (Å²) in [7, 11) is 1.53. The van der Waals surface area contributed by atoms with Gasteiger partial charge in [-0.15, -0.1) is 0 Å². The van der Waals surface area contributed by atoms with Crippen LogP contribution in [0.4, 0.5) is 13.2 Å². The van der Waals surface area contributed by atoms with E-state index in [1.807, 2.05) is 20.8 Å². The van der Waals surface area contributed by atoms with Crippen molar-refractivity contribution in [2.45, 2.75) is 32.4 Å². The Bertz CT molecular complexity index is 1580. The number of esters is 1. The molecule has 1 heterocycles. The second-order valence-electron chi connectivity index (χ2n) is 9.65. The quantitative estimate of drug-likeness (QED) is 0.144. The fourth-order valence-electron chi connectivity index (χ4n) is 3.67. The van der Waals surface area contributed by atoms with Crippen LogP contribution in [0.15, 0.2) is 82.0 Å². The minimum absolute atomic E-state index is 0.0503. The van der Waals surface area contributed by atoms with Gasteiger partial charge >= 0.3 is 12.1 Å². The molecule has 0 saturated carbocycles. The first-order chi connectivity index (χ1) is 18.3. The summed E-state index contributed by atoms with van der Waals surface area (Å²) < 4.78 is 62.4. The molecule has 0 aliphatic rings. The zero-order valence-corrected chi connectivity index (χ0v) is 21.6. The topological polar surface area (TPSA) is 75.0 Å². The fraction of sp³-hybridized carbons (Fsp3) is 0.200. The molecule has 0 spiro atoms. The van der Waals surface area contributed by atoms with Crippen molar-refractivity contribution in [3.8, 4) is 23.0 Å². The molecule has 1 aromatic heterocycles. The van der Waals surface area contributed by atoms with Crippen LogP contribution in [0.5, 0.6) is 23.0 Å². The molecule has 0 unspecified atom stereocenters. The third kappa shape index (κ3) is 6.49. The van der Waals surface area contributed by atoms with Crippen molar-refractivity contribution in [2.24, 2.45) is 0 Å². The third-order valence-corrected chi connectivity index (χ3v) is 5.77. The van der Waals surface area contributed by atoms with E-state index >= 15 is 0 Å². The van der Waals surface area contributed by atoms with E-state index in [4.69, 9.17) is 18.6 Å². The first-order valence-corrected chi connectivity index (χ1v) is 11.9. The zero-order chi connectivity index (χ0) is 28.4. The van der Waals surface area contributed by atoms with Gasteiger partial charge in [0.1, 0.15) is 22.8 Å². The molecule has 0 fully saturated rings. The predicted octanol–water partition coefficient (Wildman–Crippen LogP) is 7.53. The van der Waals surface area contributed by atoms with E-state index in [1.54, 1.807) is 36.4 Å². The number of rotatable bonds is 6. The lowest BCUT2D eigenvalue weighted by Gasteiger charge is -2.19. The van der Waals surface area contributed by atoms with Gasteiger partial charge in [-0.3, -0.25) is 4.79 Å². The maximum Gasteiger partial charge on any atom is 0.453 e. The number of fused-ring (bicyclic) bond motifs is 1. The summed E-state index contributed by atoms with van der Waals surface area (Å²) in [5, 5.41) is -0.169. The Balaban J connectivity index is 1.62. The van der Waals surface area contributed by atoms with E-state index in [9.17, 15) is 22.8 Å². The van der Waals surface area contributed by atoms with Gasteiger partial charge in [0.25, 0.3) is 5.76 Å². The molecule has 0 aliphatic heterocycles. The van der Waals surface area contributed by atoms with Crippen LogP contribution in [0.25, 0.3) is 17.0 Å². The summed E-state index contributed by atoms with van der Waals surface area (Å²) in [5.41, 5.74) is 0.0440. The summed E-state index contributed by atoms with van der Waals surface area (Å²) >= 11 is 0. The number of methoxy groups -OCH3 is 1. The summed E-state index contributed by atoms with van der Waals surface area (Å²) in [4.78, 5) is 25.3. The Kier molecular flexibility index (Phi) is 7.53. The lowest BCUT2D eigenvalue weighted by atomic mass is 9.87. The molecule has 39 heavy (non-hydrogen) atoms. The van der Waals surface area contributed by atoms with Crippen molar-refractivity contribution in [3.63, 3.8) is 0 Å². The molecular formula is C30H25F3O6. The van der Waals surface area contributed by atoms with E-state index in [1.165, 1.54) is 37.5 Å². The van der Waals surface area contributed by atoms with Crippen molar-refractivity contribution in [2.75, 3.05) is 7.11 Å². The molecule has 6 nitrogen and oxygen atoms in total. The van der Waals surface area contributed by atoms with E-state index in [0.717, 1.165) is 17.7 Å². The number of ether oxygens (including phenoxy) is 3. The van der Waals surface area contributed by atoms with Gasteiger partial charge in [0, 0.05) is 12.1 Å². The highest BCUT2D eigenvalue weighted by molar-refractivity contribution is 5.89. The van der Waals surface area contributed by atoms with Gasteiger partial charge in [-0.2, -0.15) is 13.2 Å². The fourth-order valence-corrected chi connectivity index (χ4v) is 3.67. The van der Waals surface area contributed by atoms with Crippen LogP contribution in [-0.4, -0.2) is 13.1 Å². The molecule has 0 N–H and O–H groups in total. The van der Waals surface area contributed by atoms with Gasteiger partial charge in [0.05, 0.1) is 12.5 Å². The summed E-state index contributed by atoms with van der Waals surface area (Å²) in [5.74, 6) is -2.75.